The van der Waals surface area contributed by atoms with Crippen molar-refractivity contribution < 1.29 is 4.79 Å². The number of hydrogen-bond acceptors (Lipinski definition) is 3. The molecule has 5 N–H and O–H groups in total. The molecule has 0 aliphatic heterocycles. The predicted molar refractivity (Wildman–Crippen MR) is 86.7 cm³/mol. The average molecular weight is 295 g/mol. The van der Waals surface area contributed by atoms with E-state index in [0.717, 1.165) is 17.0 Å². The molecule has 0 radical (unpaired) electrons. The number of benzene rings is 1. The van der Waals surface area contributed by atoms with Crippen LogP contribution in [0.2, 0.25) is 0 Å². The van der Waals surface area contributed by atoms with Crippen molar-refractivity contribution >= 4 is 11.6 Å². The van der Waals surface area contributed by atoms with Crippen LogP contribution in [0, 0.1) is 0 Å². The summed E-state index contributed by atoms with van der Waals surface area (Å²) >= 11 is 0. The van der Waals surface area contributed by atoms with Gasteiger partial charge in [0.25, 0.3) is 0 Å². The van der Waals surface area contributed by atoms with Crippen LogP contribution < -0.4 is 16.8 Å². The van der Waals surface area contributed by atoms with E-state index in [-0.39, 0.29) is 0 Å². The zero-order valence-corrected chi connectivity index (χ0v) is 11.9. The van der Waals surface area contributed by atoms with Crippen molar-refractivity contribution in [2.45, 2.75) is 0 Å². The van der Waals surface area contributed by atoms with Crippen molar-refractivity contribution in [1.29, 1.82) is 0 Å². The lowest BCUT2D eigenvalue weighted by Gasteiger charge is -2.09. The highest BCUT2D eigenvalue weighted by molar-refractivity contribution is 5.78. The summed E-state index contributed by atoms with van der Waals surface area (Å²) in [5.41, 5.74) is 13.4. The largest absolute Gasteiger partial charge is 0.405 e. The minimum absolute atomic E-state index is 0.362. The molecule has 0 unspecified atom stereocenters. The molecule has 0 saturated carbocycles. The summed E-state index contributed by atoms with van der Waals surface area (Å²) in [6, 6.07) is 10.8. The van der Waals surface area contributed by atoms with Gasteiger partial charge in [-0.2, -0.15) is 5.10 Å². The third-order valence-corrected chi connectivity index (χ3v) is 2.83. The molecule has 0 saturated heterocycles. The predicted octanol–water partition coefficient (Wildman–Crippen LogP) is 1.91. The molecular weight excluding hydrogens is 278 g/mol. The van der Waals surface area contributed by atoms with Gasteiger partial charge < -0.3 is 16.8 Å². The summed E-state index contributed by atoms with van der Waals surface area (Å²) in [6.45, 7) is 3.74. The van der Waals surface area contributed by atoms with Crippen LogP contribution >= 0.6 is 0 Å². The van der Waals surface area contributed by atoms with E-state index < -0.39 is 6.03 Å². The summed E-state index contributed by atoms with van der Waals surface area (Å²) in [6.07, 6.45) is 6.46. The molecule has 0 spiro atoms. The normalized spacial score (nSPS) is 11.5. The zero-order chi connectivity index (χ0) is 15.9. The SMILES string of the molecule is C=C(/C=C(\C=C/N)c1ccnn1-c1ccccc1)NC(N)=O. The van der Waals surface area contributed by atoms with E-state index in [2.05, 4.69) is 17.0 Å². The van der Waals surface area contributed by atoms with E-state index >= 15 is 0 Å². The van der Waals surface area contributed by atoms with Gasteiger partial charge in [0.1, 0.15) is 0 Å². The van der Waals surface area contributed by atoms with Gasteiger partial charge in [0, 0.05) is 11.3 Å². The van der Waals surface area contributed by atoms with Crippen LogP contribution in [0.4, 0.5) is 4.79 Å². The Hall–Kier alpha value is -3.28. The Kier molecular flexibility index (Phi) is 4.77. The number of allylic oxidation sites excluding steroid dienone is 3. The van der Waals surface area contributed by atoms with Gasteiger partial charge in [0.15, 0.2) is 0 Å². The molecule has 0 fully saturated rings. The maximum Gasteiger partial charge on any atom is 0.316 e. The Bertz CT molecular complexity index is 728. The Balaban J connectivity index is 2.43. The Morgan fingerprint density at radius 2 is 2.00 bits per heavy atom. The smallest absolute Gasteiger partial charge is 0.316 e. The molecule has 0 atom stereocenters. The first-order valence-corrected chi connectivity index (χ1v) is 6.57. The zero-order valence-electron chi connectivity index (χ0n) is 11.9. The fourth-order valence-corrected chi connectivity index (χ4v) is 1.99. The second-order valence-electron chi connectivity index (χ2n) is 4.44. The number of para-hydroxylation sites is 1. The summed E-state index contributed by atoms with van der Waals surface area (Å²) < 4.78 is 1.77. The van der Waals surface area contributed by atoms with Crippen LogP contribution in [0.3, 0.4) is 0 Å². The Morgan fingerprint density at radius 1 is 1.27 bits per heavy atom. The van der Waals surface area contributed by atoms with Gasteiger partial charge >= 0.3 is 6.03 Å². The maximum absolute atomic E-state index is 10.9. The van der Waals surface area contributed by atoms with Crippen molar-refractivity contribution in [3.63, 3.8) is 0 Å². The third-order valence-electron chi connectivity index (χ3n) is 2.83. The number of amides is 2. The number of nitrogens with two attached hydrogens (primary N) is 2. The summed E-state index contributed by atoms with van der Waals surface area (Å²) in [5.74, 6) is 0. The van der Waals surface area contributed by atoms with Gasteiger partial charge in [0.05, 0.1) is 17.6 Å². The molecule has 6 heteroatoms. The molecule has 1 aromatic carbocycles. The van der Waals surface area contributed by atoms with Gasteiger partial charge in [-0.15, -0.1) is 0 Å². The van der Waals surface area contributed by atoms with E-state index in [9.17, 15) is 4.79 Å². The highest BCUT2D eigenvalue weighted by Gasteiger charge is 2.08. The third kappa shape index (κ3) is 3.63. The minimum atomic E-state index is -0.672. The van der Waals surface area contributed by atoms with E-state index in [0.29, 0.717) is 5.70 Å². The topological polar surface area (TPSA) is 99.0 Å². The molecule has 0 aliphatic carbocycles. The van der Waals surface area contributed by atoms with Crippen molar-refractivity contribution in [1.82, 2.24) is 15.1 Å². The highest BCUT2D eigenvalue weighted by atomic mass is 16.2. The van der Waals surface area contributed by atoms with Gasteiger partial charge in [0.2, 0.25) is 0 Å². The molecule has 2 rings (SSSR count). The number of primary amides is 1. The number of carbonyl (C=O) groups excluding carboxylic acids is 1. The number of aromatic nitrogens is 2. The molecule has 22 heavy (non-hydrogen) atoms. The number of carbonyl (C=O) groups is 1. The van der Waals surface area contributed by atoms with Gasteiger partial charge in [-0.25, -0.2) is 9.48 Å². The first-order valence-electron chi connectivity index (χ1n) is 6.57. The number of rotatable bonds is 5. The molecule has 6 nitrogen and oxygen atoms in total. The highest BCUT2D eigenvalue weighted by Crippen LogP contribution is 2.20. The van der Waals surface area contributed by atoms with Crippen molar-refractivity contribution in [3.05, 3.63) is 78.9 Å². The van der Waals surface area contributed by atoms with Crippen LogP contribution in [0.5, 0.6) is 0 Å². The first-order chi connectivity index (χ1) is 10.6. The maximum atomic E-state index is 10.9. The van der Waals surface area contributed by atoms with Crippen molar-refractivity contribution in [2.24, 2.45) is 11.5 Å². The fourth-order valence-electron chi connectivity index (χ4n) is 1.99. The molecular formula is C16H17N5O. The van der Waals surface area contributed by atoms with E-state index in [1.807, 2.05) is 36.4 Å². The second-order valence-corrected chi connectivity index (χ2v) is 4.44. The summed E-state index contributed by atoms with van der Waals surface area (Å²) in [4.78, 5) is 10.9. The Labute approximate surface area is 128 Å². The van der Waals surface area contributed by atoms with E-state index in [4.69, 9.17) is 11.5 Å². The van der Waals surface area contributed by atoms with Crippen molar-refractivity contribution in [2.75, 3.05) is 0 Å². The van der Waals surface area contributed by atoms with Gasteiger partial charge in [-0.1, -0.05) is 24.8 Å². The quantitative estimate of drug-likeness (QED) is 0.735. The number of nitrogens with one attached hydrogen (secondary N) is 1. The average Bonchev–Trinajstić information content (AvgIpc) is 2.96. The van der Waals surface area contributed by atoms with Crippen LogP contribution in [0.25, 0.3) is 11.3 Å². The van der Waals surface area contributed by atoms with Crippen LogP contribution in [0.15, 0.2) is 73.2 Å². The molecule has 1 heterocycles. The number of nitrogens with zero attached hydrogens (tertiary/aromatic N) is 2. The lowest BCUT2D eigenvalue weighted by atomic mass is 10.1. The lowest BCUT2D eigenvalue weighted by Crippen LogP contribution is -2.27. The number of urea groups is 1. The molecule has 0 bridgehead atoms. The molecule has 2 amide bonds. The number of hydrogen-bond donors (Lipinski definition) is 3. The van der Waals surface area contributed by atoms with Gasteiger partial charge in [-0.3, -0.25) is 0 Å². The second kappa shape index (κ2) is 6.94. The monoisotopic (exact) mass is 295 g/mol. The lowest BCUT2D eigenvalue weighted by molar-refractivity contribution is 0.251. The van der Waals surface area contributed by atoms with E-state index in [1.54, 1.807) is 23.0 Å². The first kappa shape index (κ1) is 15.1. The van der Waals surface area contributed by atoms with Crippen molar-refractivity contribution in [3.8, 4) is 5.69 Å². The minimum Gasteiger partial charge on any atom is -0.405 e. The fraction of sp³-hybridized carbons (Fsp3) is 0. The summed E-state index contributed by atoms with van der Waals surface area (Å²) in [5, 5.41) is 6.73. The van der Waals surface area contributed by atoms with Crippen LogP contribution in [-0.4, -0.2) is 15.8 Å². The van der Waals surface area contributed by atoms with Crippen LogP contribution in [0.1, 0.15) is 5.69 Å². The standard InChI is InChI=1S/C16H17N5O/c1-12(20-16(18)22)11-13(7-9-17)15-8-10-19-21(15)14-5-3-2-4-6-14/h2-11H,1,17H2,(H3,18,20,22)/b9-7-,13-11+. The van der Waals surface area contributed by atoms with Gasteiger partial charge in [-0.05, 0) is 36.6 Å². The molecule has 2 aromatic rings. The van der Waals surface area contributed by atoms with E-state index in [1.165, 1.54) is 6.20 Å². The molecule has 0 aliphatic rings. The van der Waals surface area contributed by atoms with Crippen LogP contribution in [-0.2, 0) is 0 Å². The molecule has 112 valence electrons. The molecule has 1 aromatic heterocycles. The summed E-state index contributed by atoms with van der Waals surface area (Å²) in [7, 11) is 0. The Morgan fingerprint density at radius 3 is 2.64 bits per heavy atom.